The van der Waals surface area contributed by atoms with E-state index in [1.165, 1.54) is 39.8 Å². The second-order valence-corrected chi connectivity index (χ2v) is 14.0. The van der Waals surface area contributed by atoms with E-state index in [0.717, 1.165) is 22.3 Å². The molecule has 0 unspecified atom stereocenters. The SMILES string of the molecule is C[C@H]1Cn2c(c(C(=O)NCc3ccccc3-c3ccccn3)n(-c3ccc(OC[C@@](C)(O)C(F)(F)F)cc3)c2=O)CN1C(=O)c1ccc(Br)c(C(F)(F)F)c1. The van der Waals surface area contributed by atoms with Crippen LogP contribution in [0.25, 0.3) is 16.9 Å². The molecule has 2 N–H and O–H groups in total. The standard InChI is InChI=1S/C38H32BrF6N5O5/c1-22-19-49-31(20-48(22)34(52)23-10-15-29(39)28(17-23)37(40,41)42)32(33(51)47-18-24-7-3-4-8-27(24)30-9-5-6-16-46-30)50(35(49)53)25-11-13-26(14-12-25)55-21-36(2,54)38(43,44)45/h3-17,22,54H,18-21H2,1-2H3,(H,47,51)/t22-,36+/m0/s1. The molecule has 2 atom stereocenters. The van der Waals surface area contributed by atoms with Gasteiger partial charge in [0, 0.05) is 40.9 Å². The zero-order valence-corrected chi connectivity index (χ0v) is 30.7. The number of fused-ring (bicyclic) bond motifs is 1. The van der Waals surface area contributed by atoms with Crippen LogP contribution in [0.2, 0.25) is 0 Å². The number of carbonyl (C=O) groups excluding carboxylic acids is 2. The van der Waals surface area contributed by atoms with Crippen LogP contribution in [0.3, 0.4) is 0 Å². The topological polar surface area (TPSA) is 119 Å². The van der Waals surface area contributed by atoms with Gasteiger partial charge < -0.3 is 20.1 Å². The van der Waals surface area contributed by atoms with Gasteiger partial charge in [0.05, 0.1) is 29.2 Å². The van der Waals surface area contributed by atoms with E-state index in [-0.39, 0.29) is 52.5 Å². The molecule has 0 fully saturated rings. The largest absolute Gasteiger partial charge is 0.490 e. The quantitative estimate of drug-likeness (QED) is 0.153. The second-order valence-electron chi connectivity index (χ2n) is 13.1. The van der Waals surface area contributed by atoms with Gasteiger partial charge in [0.25, 0.3) is 11.8 Å². The lowest BCUT2D eigenvalue weighted by molar-refractivity contribution is -0.260. The highest BCUT2D eigenvalue weighted by Gasteiger charge is 2.50. The second kappa shape index (κ2) is 15.0. The van der Waals surface area contributed by atoms with Crippen molar-refractivity contribution in [2.45, 2.75) is 57.5 Å². The summed E-state index contributed by atoms with van der Waals surface area (Å²) in [5.41, 5.74) is -3.01. The molecule has 1 aliphatic rings. The van der Waals surface area contributed by atoms with Crippen molar-refractivity contribution in [1.29, 1.82) is 0 Å². The fraction of sp³-hybridized carbons (Fsp3) is 0.263. The van der Waals surface area contributed by atoms with Crippen LogP contribution in [0.5, 0.6) is 5.75 Å². The molecule has 2 aromatic heterocycles. The maximum Gasteiger partial charge on any atom is 0.420 e. The van der Waals surface area contributed by atoms with Crippen molar-refractivity contribution in [1.82, 2.24) is 24.3 Å². The van der Waals surface area contributed by atoms with Gasteiger partial charge in [0.15, 0.2) is 5.60 Å². The summed E-state index contributed by atoms with van der Waals surface area (Å²) in [5, 5.41) is 12.6. The summed E-state index contributed by atoms with van der Waals surface area (Å²) in [6.07, 6.45) is -8.09. The molecule has 10 nitrogen and oxygen atoms in total. The molecule has 3 heterocycles. The van der Waals surface area contributed by atoms with Crippen molar-refractivity contribution in [3.05, 3.63) is 134 Å². The Balaban J connectivity index is 1.38. The summed E-state index contributed by atoms with van der Waals surface area (Å²) >= 11 is 2.88. The van der Waals surface area contributed by atoms with Crippen LogP contribution < -0.4 is 15.7 Å². The average Bonchev–Trinajstić information content (AvgIpc) is 3.43. The molecule has 5 aromatic rings. The van der Waals surface area contributed by atoms with Gasteiger partial charge in [-0.25, -0.2) is 4.79 Å². The Morgan fingerprint density at radius 2 is 1.67 bits per heavy atom. The van der Waals surface area contributed by atoms with E-state index in [4.69, 9.17) is 4.74 Å². The van der Waals surface area contributed by atoms with Gasteiger partial charge in [-0.3, -0.25) is 23.7 Å². The minimum atomic E-state index is -4.96. The van der Waals surface area contributed by atoms with Crippen LogP contribution in [0, 0.1) is 0 Å². The van der Waals surface area contributed by atoms with Crippen molar-refractivity contribution in [2.24, 2.45) is 0 Å². The Hall–Kier alpha value is -5.42. The van der Waals surface area contributed by atoms with Crippen molar-refractivity contribution >= 4 is 27.7 Å². The Bertz CT molecular complexity index is 2290. The number of imidazole rings is 1. The number of aromatic nitrogens is 3. The normalized spacial score (nSPS) is 15.6. The molecule has 288 valence electrons. The van der Waals surface area contributed by atoms with Crippen LogP contribution in [-0.4, -0.2) is 60.4 Å². The third-order valence-corrected chi connectivity index (χ3v) is 9.85. The molecular weight excluding hydrogens is 800 g/mol. The fourth-order valence-electron chi connectivity index (χ4n) is 6.11. The van der Waals surface area contributed by atoms with Crippen LogP contribution in [0.4, 0.5) is 26.3 Å². The average molecular weight is 833 g/mol. The van der Waals surface area contributed by atoms with Gasteiger partial charge >= 0.3 is 18.0 Å². The number of pyridine rings is 1. The predicted molar refractivity (Wildman–Crippen MR) is 192 cm³/mol. The predicted octanol–water partition coefficient (Wildman–Crippen LogP) is 7.15. The first-order chi connectivity index (χ1) is 25.9. The minimum Gasteiger partial charge on any atom is -0.490 e. The summed E-state index contributed by atoms with van der Waals surface area (Å²) in [6.45, 7) is 0.591. The highest BCUT2D eigenvalue weighted by Crippen LogP contribution is 2.36. The van der Waals surface area contributed by atoms with Crippen molar-refractivity contribution in [3.63, 3.8) is 0 Å². The first-order valence-electron chi connectivity index (χ1n) is 16.7. The summed E-state index contributed by atoms with van der Waals surface area (Å²) in [5.74, 6) is -1.56. The number of amides is 2. The lowest BCUT2D eigenvalue weighted by atomic mass is 10.0. The number of nitrogens with one attached hydrogen (secondary N) is 1. The maximum absolute atomic E-state index is 14.2. The number of rotatable bonds is 9. The van der Waals surface area contributed by atoms with E-state index in [1.807, 2.05) is 18.2 Å². The number of hydrogen-bond acceptors (Lipinski definition) is 6. The van der Waals surface area contributed by atoms with Crippen molar-refractivity contribution in [3.8, 4) is 22.7 Å². The maximum atomic E-state index is 14.2. The molecule has 6 rings (SSSR count). The molecule has 3 aromatic carbocycles. The van der Waals surface area contributed by atoms with E-state index >= 15 is 0 Å². The third-order valence-electron chi connectivity index (χ3n) is 9.16. The molecule has 0 aliphatic carbocycles. The van der Waals surface area contributed by atoms with Gasteiger partial charge in [-0.1, -0.05) is 46.3 Å². The minimum absolute atomic E-state index is 0.0194. The Morgan fingerprint density at radius 1 is 0.982 bits per heavy atom. The van der Waals surface area contributed by atoms with Crippen LogP contribution in [-0.2, 0) is 25.8 Å². The molecule has 2 amide bonds. The Kier molecular flexibility index (Phi) is 10.7. The van der Waals surface area contributed by atoms with Crippen LogP contribution >= 0.6 is 15.9 Å². The number of aliphatic hydroxyl groups is 1. The number of alkyl halides is 6. The lowest BCUT2D eigenvalue weighted by Crippen LogP contribution is -2.47. The third kappa shape index (κ3) is 8.03. The van der Waals surface area contributed by atoms with Crippen LogP contribution in [0.1, 0.15) is 51.5 Å². The van der Waals surface area contributed by atoms with E-state index in [2.05, 4.69) is 26.2 Å². The smallest absolute Gasteiger partial charge is 0.420 e. The Morgan fingerprint density at radius 3 is 2.33 bits per heavy atom. The van der Waals surface area contributed by atoms with Crippen LogP contribution in [0.15, 0.2) is 100 Å². The first kappa shape index (κ1) is 39.3. The summed E-state index contributed by atoms with van der Waals surface area (Å²) < 4.78 is 88.1. The van der Waals surface area contributed by atoms with E-state index in [1.54, 1.807) is 37.4 Å². The summed E-state index contributed by atoms with van der Waals surface area (Å²) in [4.78, 5) is 47.8. The Labute approximate surface area is 318 Å². The van der Waals surface area contributed by atoms with Gasteiger partial charge in [-0.05, 0) is 74.0 Å². The molecule has 1 aliphatic heterocycles. The van der Waals surface area contributed by atoms with Gasteiger partial charge in [0.1, 0.15) is 18.1 Å². The van der Waals surface area contributed by atoms with E-state index < -0.39 is 53.7 Å². The molecule has 55 heavy (non-hydrogen) atoms. The molecular formula is C38H32BrF6N5O5. The van der Waals surface area contributed by atoms with Gasteiger partial charge in [-0.2, -0.15) is 26.3 Å². The van der Waals surface area contributed by atoms with E-state index in [0.29, 0.717) is 18.2 Å². The van der Waals surface area contributed by atoms with Crippen molar-refractivity contribution < 1.29 is 45.8 Å². The zero-order chi connectivity index (χ0) is 39.9. The number of ether oxygens (including phenoxy) is 1. The molecule has 0 spiro atoms. The summed E-state index contributed by atoms with van der Waals surface area (Å²) in [6, 6.07) is 20.2. The first-order valence-corrected chi connectivity index (χ1v) is 17.5. The van der Waals surface area contributed by atoms with E-state index in [9.17, 15) is 45.8 Å². The highest BCUT2D eigenvalue weighted by atomic mass is 79.9. The lowest BCUT2D eigenvalue weighted by Gasteiger charge is -2.34. The van der Waals surface area contributed by atoms with Gasteiger partial charge in [0.2, 0.25) is 0 Å². The number of halogens is 7. The highest BCUT2D eigenvalue weighted by molar-refractivity contribution is 9.10. The number of hydrogen-bond donors (Lipinski definition) is 2. The monoisotopic (exact) mass is 831 g/mol. The number of nitrogens with zero attached hydrogens (tertiary/aromatic N) is 4. The molecule has 0 bridgehead atoms. The van der Waals surface area contributed by atoms with Crippen molar-refractivity contribution in [2.75, 3.05) is 6.61 Å². The fourth-order valence-corrected chi connectivity index (χ4v) is 6.58. The molecule has 0 saturated heterocycles. The van der Waals surface area contributed by atoms with Gasteiger partial charge in [-0.15, -0.1) is 0 Å². The number of benzene rings is 3. The molecule has 0 saturated carbocycles. The molecule has 0 radical (unpaired) electrons. The zero-order valence-electron chi connectivity index (χ0n) is 29.1. The summed E-state index contributed by atoms with van der Waals surface area (Å²) in [7, 11) is 0. The molecule has 17 heteroatoms. The number of carbonyl (C=O) groups is 2.